The number of piperazine rings is 1. The Hall–Kier alpha value is -2.57. The van der Waals surface area contributed by atoms with Gasteiger partial charge < -0.3 is 4.90 Å². The predicted octanol–water partition coefficient (Wildman–Crippen LogP) is 3.76. The van der Waals surface area contributed by atoms with Crippen molar-refractivity contribution in [2.45, 2.75) is 33.2 Å². The van der Waals surface area contributed by atoms with Crippen molar-refractivity contribution in [2.24, 2.45) is 5.10 Å². The molecule has 0 radical (unpaired) electrons. The molecule has 1 atom stereocenters. The highest BCUT2D eigenvalue weighted by Crippen LogP contribution is 2.35. The van der Waals surface area contributed by atoms with Gasteiger partial charge in [0.15, 0.2) is 0 Å². The summed E-state index contributed by atoms with van der Waals surface area (Å²) in [6, 6.07) is 12.5. The zero-order valence-electron chi connectivity index (χ0n) is 18.6. The lowest BCUT2D eigenvalue weighted by molar-refractivity contribution is -0.134. The van der Waals surface area contributed by atoms with E-state index in [0.29, 0.717) is 18.5 Å². The second-order valence-electron chi connectivity index (χ2n) is 8.56. The smallest absolute Gasteiger partial charge is 0.257 e. The van der Waals surface area contributed by atoms with E-state index < -0.39 is 6.04 Å². The number of likely N-dealkylation sites (N-methyl/N-ethyl adjacent to an activating group) is 1. The molecule has 0 N–H and O–H groups in total. The van der Waals surface area contributed by atoms with E-state index in [0.717, 1.165) is 49.6 Å². The first-order chi connectivity index (χ1) is 15.0. The standard InChI is InChI=1S/C25H31FN4O/c1-4-28-11-13-29(14-12-28)17-25(31)30-24(21-7-5-6-8-22(21)26)16-23(27-30)20-10-9-18(2)15-19(20)3/h5-10,15,24H,4,11-14,16-17H2,1-3H3/t24-/m1/s1. The summed E-state index contributed by atoms with van der Waals surface area (Å²) < 4.78 is 14.7. The fraction of sp³-hybridized carbons (Fsp3) is 0.440. The monoisotopic (exact) mass is 422 g/mol. The average molecular weight is 423 g/mol. The van der Waals surface area contributed by atoms with Gasteiger partial charge in [0.25, 0.3) is 5.91 Å². The van der Waals surface area contributed by atoms with E-state index >= 15 is 0 Å². The SMILES string of the molecule is CCN1CCN(CC(=O)N2N=C(c3ccc(C)cc3C)C[C@@H]2c2ccccc2F)CC1. The van der Waals surface area contributed by atoms with E-state index in [1.165, 1.54) is 16.6 Å². The largest absolute Gasteiger partial charge is 0.301 e. The molecule has 2 aromatic carbocycles. The van der Waals surface area contributed by atoms with Crippen LogP contribution in [-0.4, -0.2) is 65.7 Å². The quantitative estimate of drug-likeness (QED) is 0.737. The molecule has 0 aromatic heterocycles. The van der Waals surface area contributed by atoms with E-state index in [4.69, 9.17) is 5.10 Å². The number of hydrogen-bond donors (Lipinski definition) is 0. The third-order valence-electron chi connectivity index (χ3n) is 6.39. The highest BCUT2D eigenvalue weighted by Gasteiger charge is 2.35. The van der Waals surface area contributed by atoms with E-state index in [1.807, 2.05) is 6.07 Å². The maximum Gasteiger partial charge on any atom is 0.257 e. The summed E-state index contributed by atoms with van der Waals surface area (Å²) in [5, 5.41) is 6.27. The molecule has 2 aliphatic rings. The molecule has 5 nitrogen and oxygen atoms in total. The Morgan fingerprint density at radius 1 is 1.06 bits per heavy atom. The van der Waals surface area contributed by atoms with Crippen molar-refractivity contribution >= 4 is 11.6 Å². The number of rotatable bonds is 5. The Labute approximate surface area is 184 Å². The van der Waals surface area contributed by atoms with Crippen LogP contribution in [-0.2, 0) is 4.79 Å². The second-order valence-corrected chi connectivity index (χ2v) is 8.56. The zero-order chi connectivity index (χ0) is 22.0. The third kappa shape index (κ3) is 4.70. The normalized spacial score (nSPS) is 20.2. The molecule has 2 aliphatic heterocycles. The summed E-state index contributed by atoms with van der Waals surface area (Å²) >= 11 is 0. The Balaban J connectivity index is 1.59. The van der Waals surface area contributed by atoms with Crippen molar-refractivity contribution < 1.29 is 9.18 Å². The third-order valence-corrected chi connectivity index (χ3v) is 6.39. The number of carbonyl (C=O) groups excluding carboxylic acids is 1. The topological polar surface area (TPSA) is 39.1 Å². The van der Waals surface area contributed by atoms with Crippen LogP contribution in [0.3, 0.4) is 0 Å². The van der Waals surface area contributed by atoms with Crippen molar-refractivity contribution in [2.75, 3.05) is 39.3 Å². The van der Waals surface area contributed by atoms with Gasteiger partial charge >= 0.3 is 0 Å². The van der Waals surface area contributed by atoms with Crippen molar-refractivity contribution in [3.05, 3.63) is 70.5 Å². The Bertz CT molecular complexity index is 981. The number of benzene rings is 2. The molecule has 164 valence electrons. The van der Waals surface area contributed by atoms with Crippen LogP contribution in [0.2, 0.25) is 0 Å². The summed E-state index contributed by atoms with van der Waals surface area (Å²) in [6.07, 6.45) is 0.514. The Morgan fingerprint density at radius 3 is 2.45 bits per heavy atom. The van der Waals surface area contributed by atoms with Gasteiger partial charge in [0.1, 0.15) is 5.82 Å². The molecule has 0 aliphatic carbocycles. The molecular formula is C25H31FN4O. The fourth-order valence-electron chi connectivity index (χ4n) is 4.56. The molecule has 31 heavy (non-hydrogen) atoms. The van der Waals surface area contributed by atoms with Crippen LogP contribution in [0.1, 0.15) is 41.6 Å². The van der Waals surface area contributed by atoms with Gasteiger partial charge in [-0.05, 0) is 32.0 Å². The molecule has 2 aromatic rings. The van der Waals surface area contributed by atoms with Gasteiger partial charge in [-0.1, -0.05) is 48.9 Å². The maximum atomic E-state index is 14.7. The van der Waals surface area contributed by atoms with Crippen molar-refractivity contribution in [1.29, 1.82) is 0 Å². The van der Waals surface area contributed by atoms with Crippen LogP contribution in [0.15, 0.2) is 47.6 Å². The molecular weight excluding hydrogens is 391 g/mol. The zero-order valence-corrected chi connectivity index (χ0v) is 18.6. The molecule has 0 spiro atoms. The van der Waals surface area contributed by atoms with Gasteiger partial charge in [0.05, 0.1) is 18.3 Å². The highest BCUT2D eigenvalue weighted by molar-refractivity contribution is 6.04. The molecule has 1 fully saturated rings. The van der Waals surface area contributed by atoms with E-state index in [-0.39, 0.29) is 11.7 Å². The van der Waals surface area contributed by atoms with Gasteiger partial charge in [-0.15, -0.1) is 0 Å². The molecule has 1 saturated heterocycles. The number of aryl methyl sites for hydroxylation is 2. The summed E-state index contributed by atoms with van der Waals surface area (Å²) in [6.45, 7) is 11.3. The van der Waals surface area contributed by atoms with Crippen LogP contribution in [0.4, 0.5) is 4.39 Å². The first-order valence-electron chi connectivity index (χ1n) is 11.1. The minimum atomic E-state index is -0.415. The number of nitrogens with zero attached hydrogens (tertiary/aromatic N) is 4. The number of amides is 1. The van der Waals surface area contributed by atoms with E-state index in [9.17, 15) is 9.18 Å². The maximum absolute atomic E-state index is 14.7. The minimum absolute atomic E-state index is 0.0713. The van der Waals surface area contributed by atoms with Crippen molar-refractivity contribution in [1.82, 2.24) is 14.8 Å². The summed E-state index contributed by atoms with van der Waals surface area (Å²) in [7, 11) is 0. The van der Waals surface area contributed by atoms with Crippen LogP contribution in [0.25, 0.3) is 0 Å². The van der Waals surface area contributed by atoms with Crippen molar-refractivity contribution in [3.63, 3.8) is 0 Å². The number of carbonyl (C=O) groups is 1. The van der Waals surface area contributed by atoms with Gasteiger partial charge in [-0.25, -0.2) is 9.40 Å². The molecule has 0 saturated carbocycles. The molecule has 0 bridgehead atoms. The molecule has 0 unspecified atom stereocenters. The lowest BCUT2D eigenvalue weighted by Gasteiger charge is -2.34. The van der Waals surface area contributed by atoms with Gasteiger partial charge in [0.2, 0.25) is 0 Å². The molecule has 6 heteroatoms. The number of hydrogen-bond acceptors (Lipinski definition) is 4. The molecule has 4 rings (SSSR count). The first-order valence-corrected chi connectivity index (χ1v) is 11.1. The summed E-state index contributed by atoms with van der Waals surface area (Å²) in [4.78, 5) is 17.9. The van der Waals surface area contributed by atoms with Crippen molar-refractivity contribution in [3.8, 4) is 0 Å². The highest BCUT2D eigenvalue weighted by atomic mass is 19.1. The van der Waals surface area contributed by atoms with Gasteiger partial charge in [0, 0.05) is 43.7 Å². The van der Waals surface area contributed by atoms with Gasteiger partial charge in [-0.3, -0.25) is 9.69 Å². The number of halogens is 1. The van der Waals surface area contributed by atoms with E-state index in [1.54, 1.807) is 12.1 Å². The first kappa shape index (κ1) is 21.7. The Kier molecular flexibility index (Phi) is 6.49. The molecule has 1 amide bonds. The van der Waals surface area contributed by atoms with Gasteiger partial charge in [-0.2, -0.15) is 5.10 Å². The Morgan fingerprint density at radius 2 is 1.77 bits per heavy atom. The van der Waals surface area contributed by atoms with Crippen LogP contribution < -0.4 is 0 Å². The van der Waals surface area contributed by atoms with Crippen LogP contribution in [0, 0.1) is 19.7 Å². The van der Waals surface area contributed by atoms with E-state index in [2.05, 4.69) is 48.8 Å². The summed E-state index contributed by atoms with van der Waals surface area (Å²) in [5.74, 6) is -0.364. The minimum Gasteiger partial charge on any atom is -0.301 e. The average Bonchev–Trinajstić information content (AvgIpc) is 3.19. The fourth-order valence-corrected chi connectivity index (χ4v) is 4.56. The predicted molar refractivity (Wildman–Crippen MR) is 122 cm³/mol. The second kappa shape index (κ2) is 9.28. The lowest BCUT2D eigenvalue weighted by atomic mass is 9.95. The number of hydrazone groups is 1. The van der Waals surface area contributed by atoms with Crippen LogP contribution in [0.5, 0.6) is 0 Å². The van der Waals surface area contributed by atoms with Crippen LogP contribution >= 0.6 is 0 Å². The lowest BCUT2D eigenvalue weighted by Crippen LogP contribution is -2.49. The molecule has 2 heterocycles. The summed E-state index contributed by atoms with van der Waals surface area (Å²) in [5.41, 5.74) is 4.70.